The lowest BCUT2D eigenvalue weighted by Crippen LogP contribution is -1.83. The largest absolute Gasteiger partial charge is 0.298 e. The molecule has 0 spiro atoms. The van der Waals surface area contributed by atoms with Crippen LogP contribution in [0.25, 0.3) is 0 Å². The Morgan fingerprint density at radius 2 is 2.20 bits per heavy atom. The molecule has 0 aliphatic heterocycles. The van der Waals surface area contributed by atoms with Crippen molar-refractivity contribution in [2.45, 2.75) is 16.2 Å². The Morgan fingerprint density at radius 1 is 1.40 bits per heavy atom. The second-order valence-corrected chi connectivity index (χ2v) is 4.91. The standard InChI is InChI=1S/C10H8N2OS2/c1-7-11-10(15-12-7)14-9-5-3-2-4-8(9)6-13/h2-6H,1H3. The molecule has 0 aliphatic rings. The summed E-state index contributed by atoms with van der Waals surface area (Å²) in [6, 6.07) is 7.46. The van der Waals surface area contributed by atoms with Crippen molar-refractivity contribution in [3.63, 3.8) is 0 Å². The van der Waals surface area contributed by atoms with Crippen molar-refractivity contribution in [3.05, 3.63) is 35.7 Å². The Kier molecular flexibility index (Phi) is 3.13. The average molecular weight is 236 g/mol. The van der Waals surface area contributed by atoms with E-state index in [0.29, 0.717) is 5.56 Å². The normalized spacial score (nSPS) is 10.2. The Bertz CT molecular complexity index is 482. The lowest BCUT2D eigenvalue weighted by molar-refractivity contribution is 0.112. The molecule has 15 heavy (non-hydrogen) atoms. The summed E-state index contributed by atoms with van der Waals surface area (Å²) < 4.78 is 4.95. The molecule has 0 saturated heterocycles. The fourth-order valence-corrected chi connectivity index (χ4v) is 2.79. The van der Waals surface area contributed by atoms with Crippen LogP contribution in [0.4, 0.5) is 0 Å². The molecule has 0 bridgehead atoms. The van der Waals surface area contributed by atoms with Crippen molar-refractivity contribution in [2.75, 3.05) is 0 Å². The van der Waals surface area contributed by atoms with E-state index in [1.807, 2.05) is 25.1 Å². The van der Waals surface area contributed by atoms with Crippen LogP contribution in [0.2, 0.25) is 0 Å². The van der Waals surface area contributed by atoms with Crippen LogP contribution in [-0.4, -0.2) is 15.6 Å². The van der Waals surface area contributed by atoms with Gasteiger partial charge in [-0.2, -0.15) is 4.37 Å². The van der Waals surface area contributed by atoms with E-state index in [-0.39, 0.29) is 0 Å². The number of hydrogen-bond donors (Lipinski definition) is 0. The van der Waals surface area contributed by atoms with E-state index < -0.39 is 0 Å². The van der Waals surface area contributed by atoms with Gasteiger partial charge in [-0.15, -0.1) is 0 Å². The molecular weight excluding hydrogens is 228 g/mol. The number of benzene rings is 1. The highest BCUT2D eigenvalue weighted by Gasteiger charge is 2.06. The number of rotatable bonds is 3. The summed E-state index contributed by atoms with van der Waals surface area (Å²) in [5, 5.41) is 0. The SMILES string of the molecule is Cc1nsc(Sc2ccccc2C=O)n1. The van der Waals surface area contributed by atoms with Crippen LogP contribution in [0.1, 0.15) is 16.2 Å². The second kappa shape index (κ2) is 4.55. The van der Waals surface area contributed by atoms with E-state index in [1.54, 1.807) is 6.07 Å². The third kappa shape index (κ3) is 2.43. The van der Waals surface area contributed by atoms with Gasteiger partial charge in [0.1, 0.15) is 5.82 Å². The van der Waals surface area contributed by atoms with Crippen molar-refractivity contribution in [2.24, 2.45) is 0 Å². The quantitative estimate of drug-likeness (QED) is 0.768. The van der Waals surface area contributed by atoms with Gasteiger partial charge in [0, 0.05) is 10.5 Å². The van der Waals surface area contributed by atoms with Gasteiger partial charge in [-0.05, 0) is 24.5 Å². The highest BCUT2D eigenvalue weighted by molar-refractivity contribution is 8.01. The van der Waals surface area contributed by atoms with Crippen LogP contribution in [0.15, 0.2) is 33.5 Å². The molecule has 3 nitrogen and oxygen atoms in total. The third-order valence-corrected chi connectivity index (χ3v) is 3.69. The maximum absolute atomic E-state index is 10.8. The maximum Gasteiger partial charge on any atom is 0.174 e. The minimum absolute atomic E-state index is 0.690. The summed E-state index contributed by atoms with van der Waals surface area (Å²) in [6.45, 7) is 1.85. The van der Waals surface area contributed by atoms with E-state index in [2.05, 4.69) is 9.36 Å². The molecule has 0 N–H and O–H groups in total. The van der Waals surface area contributed by atoms with E-state index in [0.717, 1.165) is 21.3 Å². The number of aldehydes is 1. The van der Waals surface area contributed by atoms with Crippen LogP contribution in [0.5, 0.6) is 0 Å². The van der Waals surface area contributed by atoms with Gasteiger partial charge in [-0.25, -0.2) is 4.98 Å². The molecule has 2 rings (SSSR count). The first-order valence-electron chi connectivity index (χ1n) is 4.32. The van der Waals surface area contributed by atoms with Gasteiger partial charge >= 0.3 is 0 Å². The van der Waals surface area contributed by atoms with Crippen LogP contribution >= 0.6 is 23.3 Å². The zero-order valence-electron chi connectivity index (χ0n) is 8.01. The van der Waals surface area contributed by atoms with Gasteiger partial charge in [0.25, 0.3) is 0 Å². The third-order valence-electron chi connectivity index (χ3n) is 1.75. The number of hydrogen-bond acceptors (Lipinski definition) is 5. The summed E-state index contributed by atoms with van der Waals surface area (Å²) in [5.41, 5.74) is 0.690. The Morgan fingerprint density at radius 3 is 2.87 bits per heavy atom. The Hall–Kier alpha value is -1.20. The van der Waals surface area contributed by atoms with Gasteiger partial charge in [-0.1, -0.05) is 30.0 Å². The van der Waals surface area contributed by atoms with Crippen molar-refractivity contribution < 1.29 is 4.79 Å². The van der Waals surface area contributed by atoms with Crippen LogP contribution in [-0.2, 0) is 0 Å². The first kappa shape index (κ1) is 10.3. The Labute approximate surface area is 95.7 Å². The van der Waals surface area contributed by atoms with Gasteiger partial charge in [-0.3, -0.25) is 4.79 Å². The molecule has 0 fully saturated rings. The van der Waals surface area contributed by atoms with Gasteiger partial charge in [0.05, 0.1) is 0 Å². The smallest absolute Gasteiger partial charge is 0.174 e. The zero-order valence-corrected chi connectivity index (χ0v) is 9.64. The number of nitrogens with zero attached hydrogens (tertiary/aromatic N) is 2. The summed E-state index contributed by atoms with van der Waals surface area (Å²) in [7, 11) is 0. The van der Waals surface area contributed by atoms with Gasteiger partial charge in [0.15, 0.2) is 10.6 Å². The number of aryl methyl sites for hydroxylation is 1. The van der Waals surface area contributed by atoms with Crippen LogP contribution < -0.4 is 0 Å². The van der Waals surface area contributed by atoms with E-state index in [4.69, 9.17) is 0 Å². The molecule has 2 aromatic rings. The first-order valence-corrected chi connectivity index (χ1v) is 5.91. The maximum atomic E-state index is 10.8. The highest BCUT2D eigenvalue weighted by Crippen LogP contribution is 2.30. The zero-order chi connectivity index (χ0) is 10.7. The minimum atomic E-state index is 0.690. The molecule has 0 amide bonds. The summed E-state index contributed by atoms with van der Waals surface area (Å²) >= 11 is 2.82. The molecule has 0 aliphatic carbocycles. The average Bonchev–Trinajstić information content (AvgIpc) is 2.65. The van der Waals surface area contributed by atoms with Gasteiger partial charge in [0.2, 0.25) is 0 Å². The van der Waals surface area contributed by atoms with Gasteiger partial charge < -0.3 is 0 Å². The topological polar surface area (TPSA) is 42.9 Å². The molecule has 5 heteroatoms. The number of carbonyl (C=O) groups is 1. The van der Waals surface area contributed by atoms with Crippen molar-refractivity contribution in [1.29, 1.82) is 0 Å². The molecule has 0 saturated carbocycles. The predicted octanol–water partition coefficient (Wildman–Crippen LogP) is 2.81. The summed E-state index contributed by atoms with van der Waals surface area (Å²) in [5.74, 6) is 0.770. The fraction of sp³-hybridized carbons (Fsp3) is 0.100. The van der Waals surface area contributed by atoms with Crippen molar-refractivity contribution >= 4 is 29.6 Å². The molecule has 1 heterocycles. The summed E-state index contributed by atoms with van der Waals surface area (Å²) in [4.78, 5) is 15.9. The molecule has 1 aromatic heterocycles. The van der Waals surface area contributed by atoms with E-state index in [9.17, 15) is 4.79 Å². The molecule has 0 atom stereocenters. The minimum Gasteiger partial charge on any atom is -0.298 e. The molecule has 0 unspecified atom stereocenters. The molecule has 0 radical (unpaired) electrons. The number of aromatic nitrogens is 2. The van der Waals surface area contributed by atoms with Crippen LogP contribution in [0, 0.1) is 6.92 Å². The number of carbonyl (C=O) groups excluding carboxylic acids is 1. The lowest BCUT2D eigenvalue weighted by atomic mass is 10.2. The molecular formula is C10H8N2OS2. The summed E-state index contributed by atoms with van der Waals surface area (Å²) in [6.07, 6.45) is 0.857. The fourth-order valence-electron chi connectivity index (χ4n) is 1.08. The first-order chi connectivity index (χ1) is 7.29. The van der Waals surface area contributed by atoms with Crippen molar-refractivity contribution in [1.82, 2.24) is 9.36 Å². The predicted molar refractivity (Wildman–Crippen MR) is 60.6 cm³/mol. The van der Waals surface area contributed by atoms with Crippen LogP contribution in [0.3, 0.4) is 0 Å². The van der Waals surface area contributed by atoms with Crippen molar-refractivity contribution in [3.8, 4) is 0 Å². The lowest BCUT2D eigenvalue weighted by Gasteiger charge is -1.99. The second-order valence-electron chi connectivity index (χ2n) is 2.87. The monoisotopic (exact) mass is 236 g/mol. The molecule has 76 valence electrons. The highest BCUT2D eigenvalue weighted by atomic mass is 32.2. The molecule has 1 aromatic carbocycles. The van der Waals surface area contributed by atoms with E-state index >= 15 is 0 Å². The Balaban J connectivity index is 2.27. The van der Waals surface area contributed by atoms with E-state index in [1.165, 1.54) is 23.3 Å².